The van der Waals surface area contributed by atoms with Crippen molar-refractivity contribution in [1.29, 1.82) is 0 Å². The third-order valence-corrected chi connectivity index (χ3v) is 28.5. The predicted octanol–water partition coefficient (Wildman–Crippen LogP) is 32.4. The summed E-state index contributed by atoms with van der Waals surface area (Å²) in [5.41, 5.74) is 36.2. The molecular formula is C124H73BN4O4. The van der Waals surface area contributed by atoms with Gasteiger partial charge in [-0.25, -0.2) is 0 Å². The molecule has 0 unspecified atom stereocenters. The summed E-state index contributed by atoms with van der Waals surface area (Å²) in [6, 6.07) is 164. The molecule has 2 aliphatic rings. The molecule has 9 heteroatoms. The fourth-order valence-corrected chi connectivity index (χ4v) is 22.7. The van der Waals surface area contributed by atoms with E-state index in [1.807, 2.05) is 0 Å². The molecule has 8 heterocycles. The highest BCUT2D eigenvalue weighted by Crippen LogP contribution is 2.58. The maximum atomic E-state index is 7.37. The number of fused-ring (bicyclic) bond motifs is 23. The number of para-hydroxylation sites is 12. The second kappa shape index (κ2) is 28.4. The Morgan fingerprint density at radius 1 is 0.180 bits per heavy atom. The van der Waals surface area contributed by atoms with Gasteiger partial charge < -0.3 is 36.6 Å². The lowest BCUT2D eigenvalue weighted by Crippen LogP contribution is -2.61. The molecule has 133 heavy (non-hydrogen) atoms. The van der Waals surface area contributed by atoms with E-state index in [2.05, 4.69) is 462 Å². The van der Waals surface area contributed by atoms with E-state index in [4.69, 9.17) is 17.7 Å². The van der Waals surface area contributed by atoms with Crippen molar-refractivity contribution < 1.29 is 17.7 Å². The topological polar surface area (TPSA) is 68.9 Å². The molecule has 0 spiro atoms. The first-order valence-corrected chi connectivity index (χ1v) is 45.6. The Balaban J connectivity index is 0.808. The van der Waals surface area contributed by atoms with E-state index in [0.717, 1.165) is 282 Å². The monoisotopic (exact) mass is 1690 g/mol. The Bertz CT molecular complexity index is 8890. The molecule has 29 rings (SSSR count). The predicted molar refractivity (Wildman–Crippen MR) is 554 cm³/mol. The van der Waals surface area contributed by atoms with Crippen molar-refractivity contribution in [2.45, 2.75) is 0 Å². The van der Waals surface area contributed by atoms with Crippen LogP contribution in [0.5, 0.6) is 0 Å². The summed E-state index contributed by atoms with van der Waals surface area (Å²) < 4.78 is 34.5. The van der Waals surface area contributed by atoms with E-state index >= 15 is 0 Å². The third kappa shape index (κ3) is 10.9. The summed E-state index contributed by atoms with van der Waals surface area (Å²) in [5.74, 6) is 0. The molecule has 0 N–H and O–H groups in total. The number of rotatable bonds is 11. The van der Waals surface area contributed by atoms with Crippen LogP contribution in [0, 0.1) is 0 Å². The first-order chi connectivity index (χ1) is 66.0. The fraction of sp³-hybridized carbons (Fsp3) is 0. The Morgan fingerprint density at radius 2 is 0.496 bits per heavy atom. The van der Waals surface area contributed by atoms with Gasteiger partial charge in [-0.15, -0.1) is 0 Å². The van der Waals surface area contributed by atoms with Gasteiger partial charge in [-0.1, -0.05) is 352 Å². The minimum absolute atomic E-state index is 0.455. The van der Waals surface area contributed by atoms with Crippen molar-refractivity contribution in [3.05, 3.63) is 443 Å². The normalized spacial score (nSPS) is 12.6. The van der Waals surface area contributed by atoms with E-state index in [1.54, 1.807) is 0 Å². The number of benzene rings is 21. The molecule has 0 aliphatic carbocycles. The van der Waals surface area contributed by atoms with Gasteiger partial charge in [0.15, 0.2) is 0 Å². The summed E-state index contributed by atoms with van der Waals surface area (Å²) in [6.45, 7) is -0.455. The molecule has 0 radical (unpaired) electrons. The Kier molecular flexibility index (Phi) is 15.7. The minimum atomic E-state index is -0.455. The zero-order valence-corrected chi connectivity index (χ0v) is 71.6. The Morgan fingerprint density at radius 3 is 0.902 bits per heavy atom. The summed E-state index contributed by atoms with van der Waals surface area (Å²) in [6.07, 6.45) is 0. The van der Waals surface area contributed by atoms with Crippen molar-refractivity contribution in [3.63, 3.8) is 0 Å². The van der Waals surface area contributed by atoms with Gasteiger partial charge >= 0.3 is 0 Å². The Hall–Kier alpha value is -17.7. The van der Waals surface area contributed by atoms with E-state index < -0.39 is 6.71 Å². The van der Waals surface area contributed by atoms with Crippen LogP contribution in [0.4, 0.5) is 34.1 Å². The van der Waals surface area contributed by atoms with Crippen molar-refractivity contribution in [2.24, 2.45) is 0 Å². The number of aromatic nitrogens is 2. The average molecular weight is 1690 g/mol. The van der Waals surface area contributed by atoms with E-state index in [-0.39, 0.29) is 0 Å². The molecule has 0 bridgehead atoms. The summed E-state index contributed by atoms with van der Waals surface area (Å²) in [5, 5.41) is 15.2. The summed E-state index contributed by atoms with van der Waals surface area (Å²) in [4.78, 5) is 5.35. The molecular weight excluding hydrogens is 1620 g/mol. The number of furan rings is 4. The van der Waals surface area contributed by atoms with Crippen molar-refractivity contribution in [2.75, 3.05) is 9.80 Å². The van der Waals surface area contributed by atoms with Gasteiger partial charge in [-0.2, -0.15) is 0 Å². The van der Waals surface area contributed by atoms with Gasteiger partial charge in [-0.3, -0.25) is 0 Å². The standard InChI is InChI=1S/C124H73BN4O4/c1-3-27-74(28-4-1)79-59-63-86-84-33-9-15-51-106(84)126(108(86)68-79)82-61-65-104-110(72-82)128(119-92(100-47-23-43-96-88-35-11-17-53-114(88)130-121(96)100)39-21-40-93(119)101-48-24-44-97-89-36-12-18-54-115(89)131-122(97)101)112-70-81(78-58-57-76-31-7-8-32-77(76)67-78)71-113-118(112)125(104)105-66-62-83(127-107-52-16-10-34-85(107)87-64-60-80(69-109(87)127)75-29-5-2-6-30-75)73-111(105)129(113)120-94(102-49-25-45-98-90-37-13-19-55-116(90)132-123(98)102)41-22-42-95(120)103-50-26-46-99-91-38-14-20-56-117(91)133-124(99)103/h1-73H. The van der Waals surface area contributed by atoms with Crippen LogP contribution in [-0.2, 0) is 0 Å². The van der Waals surface area contributed by atoms with E-state index in [1.165, 1.54) is 0 Å². The van der Waals surface area contributed by atoms with Gasteiger partial charge in [0.2, 0.25) is 0 Å². The quantitative estimate of drug-likeness (QED) is 0.120. The first kappa shape index (κ1) is 73.4. The second-order valence-electron chi connectivity index (χ2n) is 35.5. The largest absolute Gasteiger partial charge is 0.455 e. The number of hydrogen-bond acceptors (Lipinski definition) is 6. The van der Waals surface area contributed by atoms with Crippen LogP contribution in [0.15, 0.2) is 461 Å². The lowest BCUT2D eigenvalue weighted by atomic mass is 9.33. The maximum absolute atomic E-state index is 7.37. The number of nitrogens with zero attached hydrogens (tertiary/aromatic N) is 4. The van der Waals surface area contributed by atoms with Crippen LogP contribution in [0.1, 0.15) is 0 Å². The molecule has 8 nitrogen and oxygen atoms in total. The summed E-state index contributed by atoms with van der Waals surface area (Å²) in [7, 11) is 0. The van der Waals surface area contributed by atoms with Crippen LogP contribution < -0.4 is 26.2 Å². The van der Waals surface area contributed by atoms with Crippen LogP contribution in [-0.4, -0.2) is 15.8 Å². The Labute approximate surface area is 762 Å². The molecule has 0 atom stereocenters. The van der Waals surface area contributed by atoms with Crippen LogP contribution in [0.3, 0.4) is 0 Å². The van der Waals surface area contributed by atoms with Crippen LogP contribution in [0.25, 0.3) is 231 Å². The van der Waals surface area contributed by atoms with Gasteiger partial charge in [0.25, 0.3) is 6.71 Å². The molecule has 0 amide bonds. The molecule has 21 aromatic carbocycles. The highest BCUT2D eigenvalue weighted by molar-refractivity contribution is 7.00. The smallest absolute Gasteiger partial charge is 0.252 e. The maximum Gasteiger partial charge on any atom is 0.252 e. The van der Waals surface area contributed by atoms with Gasteiger partial charge in [0, 0.05) is 143 Å². The minimum Gasteiger partial charge on any atom is -0.455 e. The average Bonchev–Trinajstić information content (AvgIpc) is 1.24. The molecule has 6 aromatic heterocycles. The SMILES string of the molecule is c1ccc(-c2ccc3c4ccccc4n(-c4ccc5c(c4)N(c4c(-c6cccc7c6oc6ccccc67)cccc4-c4cccc6c4oc4ccccc46)c4cc(-c6ccc7ccccc7c6)cc6c4B5c4ccc(-n5c7ccccc7c7ccc(-c8ccccc8)cc75)cc4N6c4c(-c5cccc6c5oc5ccccc56)cccc4-c4cccc5c4oc4ccccc45)c3c2)cc1. The zero-order valence-electron chi connectivity index (χ0n) is 71.6. The highest BCUT2D eigenvalue weighted by atomic mass is 16.3. The highest BCUT2D eigenvalue weighted by Gasteiger charge is 2.47. The van der Waals surface area contributed by atoms with Gasteiger partial charge in [0.1, 0.15) is 44.7 Å². The van der Waals surface area contributed by atoms with E-state index in [9.17, 15) is 0 Å². The zero-order chi connectivity index (χ0) is 86.8. The fourth-order valence-electron chi connectivity index (χ4n) is 22.7. The van der Waals surface area contributed by atoms with Crippen molar-refractivity contribution in [1.82, 2.24) is 9.13 Å². The lowest BCUT2D eigenvalue weighted by molar-refractivity contribution is 0.669. The lowest BCUT2D eigenvalue weighted by Gasteiger charge is -2.46. The molecule has 2 aliphatic heterocycles. The van der Waals surface area contributed by atoms with Gasteiger partial charge in [0.05, 0.1) is 33.4 Å². The molecule has 0 saturated carbocycles. The summed E-state index contributed by atoms with van der Waals surface area (Å²) >= 11 is 0. The first-order valence-electron chi connectivity index (χ1n) is 45.6. The number of hydrogen-bond donors (Lipinski definition) is 0. The van der Waals surface area contributed by atoms with Crippen molar-refractivity contribution in [3.8, 4) is 89.3 Å². The molecule has 0 fully saturated rings. The van der Waals surface area contributed by atoms with Gasteiger partial charge in [-0.05, 0) is 152 Å². The second-order valence-corrected chi connectivity index (χ2v) is 35.5. The molecule has 616 valence electrons. The third-order valence-electron chi connectivity index (χ3n) is 28.5. The van der Waals surface area contributed by atoms with Crippen LogP contribution in [0.2, 0.25) is 0 Å². The number of anilines is 6. The molecule has 0 saturated heterocycles. The van der Waals surface area contributed by atoms with Crippen LogP contribution >= 0.6 is 0 Å². The van der Waals surface area contributed by atoms with E-state index in [0.29, 0.717) is 0 Å². The molecule has 27 aromatic rings. The van der Waals surface area contributed by atoms with Crippen molar-refractivity contribution >= 4 is 199 Å².